The van der Waals surface area contributed by atoms with Crippen LogP contribution >= 0.6 is 23.2 Å². The summed E-state index contributed by atoms with van der Waals surface area (Å²) >= 11 is 12.0. The molecule has 0 saturated carbocycles. The zero-order valence-corrected chi connectivity index (χ0v) is 13.1. The molecule has 1 aromatic rings. The Kier molecular flexibility index (Phi) is 4.12. The summed E-state index contributed by atoms with van der Waals surface area (Å²) in [4.78, 5) is 28.1. The summed E-state index contributed by atoms with van der Waals surface area (Å²) in [6.07, 6.45) is 2.16. The topological polar surface area (TPSA) is 61.2 Å². The molecule has 0 unspecified atom stereocenters. The summed E-state index contributed by atoms with van der Waals surface area (Å²) in [5.74, 6) is -0.466. The second kappa shape index (κ2) is 5.37. The number of rotatable bonds is 3. The van der Waals surface area contributed by atoms with Crippen molar-refractivity contribution in [1.29, 1.82) is 0 Å². The second-order valence-electron chi connectivity index (χ2n) is 5.27. The zero-order chi connectivity index (χ0) is 15.1. The van der Waals surface area contributed by atoms with Gasteiger partial charge < -0.3 is 4.74 Å². The van der Waals surface area contributed by atoms with E-state index in [1.807, 2.05) is 13.8 Å². The summed E-state index contributed by atoms with van der Waals surface area (Å²) in [6, 6.07) is -0.697. The van der Waals surface area contributed by atoms with Gasteiger partial charge in [0.1, 0.15) is 6.04 Å². The van der Waals surface area contributed by atoms with Crippen LogP contribution in [0.5, 0.6) is 0 Å². The number of carbonyl (C=O) groups excluding carboxylic acids is 1. The highest BCUT2D eigenvalue weighted by Gasteiger charge is 2.46. The van der Waals surface area contributed by atoms with Gasteiger partial charge in [0, 0.05) is 5.41 Å². The predicted molar refractivity (Wildman–Crippen MR) is 76.4 cm³/mol. The highest BCUT2D eigenvalue weighted by atomic mass is 35.5. The quantitative estimate of drug-likeness (QED) is 0.804. The molecule has 0 aromatic carbocycles. The van der Waals surface area contributed by atoms with Gasteiger partial charge in [0.2, 0.25) is 0 Å². The number of hydrogen-bond acceptors (Lipinski definition) is 4. The Morgan fingerprint density at radius 2 is 2.15 bits per heavy atom. The average molecular weight is 319 g/mol. The van der Waals surface area contributed by atoms with E-state index in [9.17, 15) is 9.59 Å². The maximum atomic E-state index is 12.2. The largest absolute Gasteiger partial charge is 0.467 e. The van der Waals surface area contributed by atoms with Gasteiger partial charge in [0.05, 0.1) is 12.8 Å². The fourth-order valence-corrected chi connectivity index (χ4v) is 3.66. The summed E-state index contributed by atoms with van der Waals surface area (Å²) in [5, 5.41) is -0.0506. The van der Waals surface area contributed by atoms with Crippen LogP contribution in [-0.4, -0.2) is 22.6 Å². The molecular weight excluding hydrogens is 303 g/mol. The Balaban J connectivity index is 2.72. The van der Waals surface area contributed by atoms with E-state index in [1.165, 1.54) is 11.7 Å². The lowest BCUT2D eigenvalue weighted by molar-refractivity contribution is -0.144. The molecule has 0 N–H and O–H groups in total. The van der Waals surface area contributed by atoms with Gasteiger partial charge in [-0.3, -0.25) is 9.36 Å². The Hall–Kier alpha value is -1.07. The van der Waals surface area contributed by atoms with E-state index in [1.54, 1.807) is 0 Å². The number of ether oxygens (including phenoxy) is 1. The Labute approximate surface area is 126 Å². The van der Waals surface area contributed by atoms with Crippen LogP contribution in [0.3, 0.4) is 0 Å². The van der Waals surface area contributed by atoms with Crippen LogP contribution in [0, 0.1) is 0 Å². The van der Waals surface area contributed by atoms with Crippen molar-refractivity contribution >= 4 is 29.2 Å². The van der Waals surface area contributed by atoms with Crippen molar-refractivity contribution < 1.29 is 9.53 Å². The molecule has 2 atom stereocenters. The number of nitrogens with zero attached hydrogens (tertiary/aromatic N) is 2. The molecule has 0 amide bonds. The Morgan fingerprint density at radius 1 is 1.50 bits per heavy atom. The van der Waals surface area contributed by atoms with Crippen LogP contribution in [-0.2, 0) is 14.9 Å². The van der Waals surface area contributed by atoms with E-state index in [2.05, 4.69) is 4.98 Å². The van der Waals surface area contributed by atoms with Crippen molar-refractivity contribution in [3.05, 3.63) is 26.4 Å². The van der Waals surface area contributed by atoms with Gasteiger partial charge in [-0.05, 0) is 12.8 Å². The Morgan fingerprint density at radius 3 is 2.70 bits per heavy atom. The number of aromatic nitrogens is 2. The van der Waals surface area contributed by atoms with E-state index >= 15 is 0 Å². The molecule has 1 aliphatic heterocycles. The minimum atomic E-state index is -0.697. The number of halogens is 2. The first-order chi connectivity index (χ1) is 9.35. The highest BCUT2D eigenvalue weighted by molar-refractivity contribution is 6.32. The molecule has 0 bridgehead atoms. The first-order valence-electron chi connectivity index (χ1n) is 6.41. The van der Waals surface area contributed by atoms with Crippen LogP contribution in [0.2, 0.25) is 10.3 Å². The maximum Gasteiger partial charge on any atom is 0.329 e. The fourth-order valence-electron chi connectivity index (χ4n) is 3.04. The lowest BCUT2D eigenvalue weighted by Crippen LogP contribution is -2.30. The molecule has 0 spiro atoms. The molecule has 1 aromatic heterocycles. The van der Waals surface area contributed by atoms with Gasteiger partial charge in [0.25, 0.3) is 5.56 Å². The molecule has 110 valence electrons. The molecule has 0 fully saturated rings. The summed E-state index contributed by atoms with van der Waals surface area (Å²) in [6.45, 7) is 4.02. The third-order valence-corrected chi connectivity index (χ3v) is 4.34. The fraction of sp³-hybridized carbons (Fsp3) is 0.615. The number of hydrogen-bond donors (Lipinski definition) is 0. The van der Waals surface area contributed by atoms with Crippen molar-refractivity contribution in [2.75, 3.05) is 7.11 Å². The molecule has 0 aliphatic carbocycles. The van der Waals surface area contributed by atoms with E-state index < -0.39 is 17.6 Å². The van der Waals surface area contributed by atoms with Crippen LogP contribution in [0.25, 0.3) is 0 Å². The van der Waals surface area contributed by atoms with Crippen molar-refractivity contribution in [1.82, 2.24) is 9.55 Å². The molecule has 1 aliphatic rings. The zero-order valence-electron chi connectivity index (χ0n) is 11.6. The summed E-state index contributed by atoms with van der Waals surface area (Å²) in [5.41, 5.74) is -0.311. The highest BCUT2D eigenvalue weighted by Crippen LogP contribution is 2.46. The van der Waals surface area contributed by atoms with Gasteiger partial charge in [-0.15, -0.1) is 0 Å². The molecule has 2 rings (SSSR count). The summed E-state index contributed by atoms with van der Waals surface area (Å²) in [7, 11) is 1.30. The SMILES string of the molecule is CCC[C@@]1(C)C[C@@H](C(=O)OC)n2c1c(Cl)nc(Cl)c2=O. The van der Waals surface area contributed by atoms with Crippen LogP contribution in [0.1, 0.15) is 44.8 Å². The normalized spacial score (nSPS) is 24.6. The molecular formula is C13H16Cl2N2O3. The minimum absolute atomic E-state index is 0.178. The molecule has 0 saturated heterocycles. The third-order valence-electron chi connectivity index (χ3n) is 3.83. The van der Waals surface area contributed by atoms with Gasteiger partial charge in [-0.25, -0.2) is 9.78 Å². The Bertz CT molecular complexity index is 614. The molecule has 2 heterocycles. The number of methoxy groups -OCH3 is 1. The van der Waals surface area contributed by atoms with Gasteiger partial charge in [-0.1, -0.05) is 43.5 Å². The van der Waals surface area contributed by atoms with Crippen molar-refractivity contribution in [3.63, 3.8) is 0 Å². The predicted octanol–water partition coefficient (Wildman–Crippen LogP) is 2.73. The van der Waals surface area contributed by atoms with E-state index in [4.69, 9.17) is 27.9 Å². The van der Waals surface area contributed by atoms with Crippen molar-refractivity contribution in [2.24, 2.45) is 0 Å². The third kappa shape index (κ3) is 2.23. The van der Waals surface area contributed by atoms with Crippen LogP contribution < -0.4 is 5.56 Å². The monoisotopic (exact) mass is 318 g/mol. The molecule has 20 heavy (non-hydrogen) atoms. The average Bonchev–Trinajstić information content (AvgIpc) is 2.70. The smallest absolute Gasteiger partial charge is 0.329 e. The molecule has 5 nitrogen and oxygen atoms in total. The summed E-state index contributed by atoms with van der Waals surface area (Å²) < 4.78 is 6.14. The standard InChI is InChI=1S/C13H16Cl2N2O3/c1-4-5-13(2)6-7(12(19)20-3)17-8(13)9(14)16-10(15)11(17)18/h7H,4-6H2,1-3H3/t7-,13-/m0/s1. The van der Waals surface area contributed by atoms with Crippen LogP contribution in [0.4, 0.5) is 0 Å². The molecule has 0 radical (unpaired) electrons. The first-order valence-corrected chi connectivity index (χ1v) is 7.17. The van der Waals surface area contributed by atoms with E-state index in [-0.39, 0.29) is 15.7 Å². The van der Waals surface area contributed by atoms with Crippen LogP contribution in [0.15, 0.2) is 4.79 Å². The van der Waals surface area contributed by atoms with Gasteiger partial charge >= 0.3 is 5.97 Å². The number of carbonyl (C=O) groups is 1. The van der Waals surface area contributed by atoms with Gasteiger partial charge in [-0.2, -0.15) is 0 Å². The van der Waals surface area contributed by atoms with E-state index in [0.717, 1.165) is 12.8 Å². The second-order valence-corrected chi connectivity index (χ2v) is 5.99. The van der Waals surface area contributed by atoms with Gasteiger partial charge in [0.15, 0.2) is 10.3 Å². The molecule has 7 heteroatoms. The maximum absolute atomic E-state index is 12.2. The lowest BCUT2D eigenvalue weighted by Gasteiger charge is -2.24. The number of fused-ring (bicyclic) bond motifs is 1. The minimum Gasteiger partial charge on any atom is -0.467 e. The van der Waals surface area contributed by atoms with Crippen molar-refractivity contribution in [3.8, 4) is 0 Å². The lowest BCUT2D eigenvalue weighted by atomic mass is 9.80. The van der Waals surface area contributed by atoms with Crippen molar-refractivity contribution in [2.45, 2.75) is 44.6 Å². The number of esters is 1. The van der Waals surface area contributed by atoms with E-state index in [0.29, 0.717) is 12.1 Å². The first kappa shape index (κ1) is 15.3.